The molecule has 33 heavy (non-hydrogen) atoms. The monoisotopic (exact) mass is 448 g/mol. The summed E-state index contributed by atoms with van der Waals surface area (Å²) in [5, 5.41) is 12.0. The van der Waals surface area contributed by atoms with Gasteiger partial charge in [-0.1, -0.05) is 62.4 Å². The Morgan fingerprint density at radius 2 is 1.55 bits per heavy atom. The quantitative estimate of drug-likeness (QED) is 0.707. The smallest absolute Gasteiger partial charge is 0.407 e. The van der Waals surface area contributed by atoms with Gasteiger partial charge in [-0.3, -0.25) is 9.59 Å². The lowest BCUT2D eigenvalue weighted by molar-refractivity contribution is -0.141. The lowest BCUT2D eigenvalue weighted by Crippen LogP contribution is -2.51. The van der Waals surface area contributed by atoms with Gasteiger partial charge in [0.2, 0.25) is 5.91 Å². The predicted molar refractivity (Wildman–Crippen MR) is 122 cm³/mol. The van der Waals surface area contributed by atoms with Gasteiger partial charge < -0.3 is 20.1 Å². The SMILES string of the molecule is CC(C)C(NC(=O)OCC1c2ccccc2-c2ccccc21)C(=O)N1C[C@@H]2C(C(=O)O)[C@@H]2C1. The summed E-state index contributed by atoms with van der Waals surface area (Å²) < 4.78 is 5.61. The molecule has 0 aromatic heterocycles. The predicted octanol–water partition coefficient (Wildman–Crippen LogP) is 3.34. The Balaban J connectivity index is 1.21. The maximum atomic E-state index is 13.1. The highest BCUT2D eigenvalue weighted by atomic mass is 16.5. The number of fused-ring (bicyclic) bond motifs is 4. The summed E-state index contributed by atoms with van der Waals surface area (Å²) in [7, 11) is 0. The highest BCUT2D eigenvalue weighted by Gasteiger charge is 2.61. The number of carbonyl (C=O) groups excluding carboxylic acids is 2. The minimum Gasteiger partial charge on any atom is -0.481 e. The van der Waals surface area contributed by atoms with E-state index in [0.717, 1.165) is 22.3 Å². The summed E-state index contributed by atoms with van der Waals surface area (Å²) in [5.74, 6) is -1.38. The minimum absolute atomic E-state index is 0.0358. The molecule has 2 aromatic carbocycles. The molecular weight excluding hydrogens is 420 g/mol. The van der Waals surface area contributed by atoms with E-state index >= 15 is 0 Å². The van der Waals surface area contributed by atoms with E-state index in [0.29, 0.717) is 13.1 Å². The van der Waals surface area contributed by atoms with Crippen LogP contribution in [0.4, 0.5) is 4.79 Å². The number of hydrogen-bond donors (Lipinski definition) is 2. The third kappa shape index (κ3) is 3.75. The zero-order valence-electron chi connectivity index (χ0n) is 18.7. The van der Waals surface area contributed by atoms with Crippen molar-refractivity contribution in [3.63, 3.8) is 0 Å². The van der Waals surface area contributed by atoms with Crippen molar-refractivity contribution in [3.8, 4) is 11.1 Å². The van der Waals surface area contributed by atoms with Gasteiger partial charge in [0.25, 0.3) is 0 Å². The minimum atomic E-state index is -0.783. The van der Waals surface area contributed by atoms with E-state index in [1.165, 1.54) is 0 Å². The molecular formula is C26H28N2O5. The topological polar surface area (TPSA) is 95.9 Å². The number of aliphatic carboxylic acids is 1. The molecule has 7 nitrogen and oxygen atoms in total. The summed E-state index contributed by atoms with van der Waals surface area (Å²) in [4.78, 5) is 38.6. The van der Waals surface area contributed by atoms with Crippen molar-refractivity contribution in [3.05, 3.63) is 59.7 Å². The largest absolute Gasteiger partial charge is 0.481 e. The maximum absolute atomic E-state index is 13.1. The number of nitrogens with one attached hydrogen (secondary N) is 1. The normalized spacial score (nSPS) is 23.5. The number of carbonyl (C=O) groups is 3. The molecule has 2 unspecified atom stereocenters. The molecule has 0 bridgehead atoms. The van der Waals surface area contributed by atoms with Gasteiger partial charge in [0.1, 0.15) is 12.6 Å². The first-order chi connectivity index (χ1) is 15.9. The van der Waals surface area contributed by atoms with Crippen molar-refractivity contribution in [2.75, 3.05) is 19.7 Å². The molecule has 0 spiro atoms. The van der Waals surface area contributed by atoms with E-state index in [2.05, 4.69) is 29.6 Å². The van der Waals surface area contributed by atoms with Crippen LogP contribution >= 0.6 is 0 Å². The number of alkyl carbamates (subject to hydrolysis) is 1. The Bertz CT molecular complexity index is 1060. The molecule has 2 aromatic rings. The van der Waals surface area contributed by atoms with Gasteiger partial charge in [0.05, 0.1) is 5.92 Å². The average molecular weight is 449 g/mol. The molecule has 172 valence electrons. The first-order valence-electron chi connectivity index (χ1n) is 11.5. The number of ether oxygens (including phenoxy) is 1. The Morgan fingerprint density at radius 1 is 1.00 bits per heavy atom. The van der Waals surface area contributed by atoms with Crippen LogP contribution in [0, 0.1) is 23.7 Å². The number of benzene rings is 2. The summed E-state index contributed by atoms with van der Waals surface area (Å²) in [6.07, 6.45) is -0.614. The highest BCUT2D eigenvalue weighted by molar-refractivity contribution is 5.87. The second-order valence-electron chi connectivity index (χ2n) is 9.63. The van der Waals surface area contributed by atoms with Crippen LogP contribution in [0.1, 0.15) is 30.9 Å². The van der Waals surface area contributed by atoms with E-state index in [-0.39, 0.29) is 42.1 Å². The van der Waals surface area contributed by atoms with Crippen molar-refractivity contribution < 1.29 is 24.2 Å². The summed E-state index contributed by atoms with van der Waals surface area (Å²) in [5.41, 5.74) is 4.58. The number of nitrogens with zero attached hydrogens (tertiary/aromatic N) is 1. The molecule has 5 rings (SSSR count). The van der Waals surface area contributed by atoms with Crippen molar-refractivity contribution >= 4 is 18.0 Å². The average Bonchev–Trinajstić information content (AvgIpc) is 3.16. The van der Waals surface area contributed by atoms with Gasteiger partial charge >= 0.3 is 12.1 Å². The first kappa shape index (κ1) is 21.5. The Labute approximate surface area is 192 Å². The highest BCUT2D eigenvalue weighted by Crippen LogP contribution is 2.52. The number of rotatable bonds is 6. The number of amides is 2. The molecule has 0 radical (unpaired) electrons. The van der Waals surface area contributed by atoms with Crippen LogP contribution in [0.5, 0.6) is 0 Å². The van der Waals surface area contributed by atoms with Crippen LogP contribution in [0.3, 0.4) is 0 Å². The van der Waals surface area contributed by atoms with Crippen molar-refractivity contribution in [1.82, 2.24) is 10.2 Å². The van der Waals surface area contributed by atoms with E-state index in [1.807, 2.05) is 38.1 Å². The summed E-state index contributed by atoms with van der Waals surface area (Å²) in [6.45, 7) is 4.82. The van der Waals surface area contributed by atoms with Crippen LogP contribution in [0.25, 0.3) is 11.1 Å². The van der Waals surface area contributed by atoms with Crippen LogP contribution < -0.4 is 5.32 Å². The molecule has 7 heteroatoms. The second kappa shape index (κ2) is 8.21. The Kier molecular flexibility index (Phi) is 5.35. The first-order valence-corrected chi connectivity index (χ1v) is 11.5. The molecule has 2 amide bonds. The molecule has 1 saturated carbocycles. The van der Waals surface area contributed by atoms with E-state index in [4.69, 9.17) is 4.74 Å². The van der Waals surface area contributed by atoms with Crippen LogP contribution in [-0.4, -0.2) is 53.7 Å². The number of piperidine rings is 1. The van der Waals surface area contributed by atoms with Crippen molar-refractivity contribution in [1.29, 1.82) is 0 Å². The molecule has 1 heterocycles. The lowest BCUT2D eigenvalue weighted by Gasteiger charge is -2.28. The fourth-order valence-corrected chi connectivity index (χ4v) is 5.55. The zero-order chi connectivity index (χ0) is 23.3. The number of hydrogen-bond acceptors (Lipinski definition) is 4. The standard InChI is InChI=1S/C26H28N2O5/c1-14(2)23(24(29)28-11-19-20(12-28)22(19)25(30)31)27-26(32)33-13-21-17-9-5-3-7-15(17)16-8-4-6-10-18(16)21/h3-10,14,19-23H,11-13H2,1-2H3,(H,27,32)(H,30,31)/t19-,20+,22?,23?. The zero-order valence-corrected chi connectivity index (χ0v) is 18.7. The van der Waals surface area contributed by atoms with Gasteiger partial charge in [-0.25, -0.2) is 4.79 Å². The molecule has 1 saturated heterocycles. The molecule has 4 atom stereocenters. The van der Waals surface area contributed by atoms with E-state index in [9.17, 15) is 19.5 Å². The van der Waals surface area contributed by atoms with Gasteiger partial charge in [0.15, 0.2) is 0 Å². The Morgan fingerprint density at radius 3 is 2.06 bits per heavy atom. The van der Waals surface area contributed by atoms with Crippen LogP contribution in [-0.2, 0) is 14.3 Å². The van der Waals surface area contributed by atoms with Gasteiger partial charge in [-0.15, -0.1) is 0 Å². The Hall–Kier alpha value is -3.35. The number of carboxylic acid groups (broad SMARTS) is 1. The summed E-state index contributed by atoms with van der Waals surface area (Å²) >= 11 is 0. The number of likely N-dealkylation sites (tertiary alicyclic amines) is 1. The third-order valence-electron chi connectivity index (χ3n) is 7.34. The van der Waals surface area contributed by atoms with E-state index < -0.39 is 18.1 Å². The van der Waals surface area contributed by atoms with E-state index in [1.54, 1.807) is 4.90 Å². The summed E-state index contributed by atoms with van der Waals surface area (Å²) in [6, 6.07) is 15.6. The van der Waals surface area contributed by atoms with Gasteiger partial charge in [0, 0.05) is 19.0 Å². The maximum Gasteiger partial charge on any atom is 0.407 e. The fourth-order valence-electron chi connectivity index (χ4n) is 5.55. The van der Waals surface area contributed by atoms with Crippen molar-refractivity contribution in [2.24, 2.45) is 23.7 Å². The third-order valence-corrected chi connectivity index (χ3v) is 7.34. The second-order valence-corrected chi connectivity index (χ2v) is 9.63. The van der Waals surface area contributed by atoms with Gasteiger partial charge in [-0.05, 0) is 40.0 Å². The van der Waals surface area contributed by atoms with Gasteiger partial charge in [-0.2, -0.15) is 0 Å². The molecule has 3 aliphatic rings. The van der Waals surface area contributed by atoms with Crippen molar-refractivity contribution in [2.45, 2.75) is 25.8 Å². The molecule has 1 aliphatic heterocycles. The van der Waals surface area contributed by atoms with Crippen LogP contribution in [0.2, 0.25) is 0 Å². The molecule has 2 N–H and O–H groups in total. The number of carboxylic acids is 1. The molecule has 2 aliphatic carbocycles. The fraction of sp³-hybridized carbons (Fsp3) is 0.423. The molecule has 2 fully saturated rings. The lowest BCUT2D eigenvalue weighted by atomic mass is 9.98. The van der Waals surface area contributed by atoms with Crippen LogP contribution in [0.15, 0.2) is 48.5 Å².